The van der Waals surface area contributed by atoms with E-state index in [0.717, 1.165) is 41.5 Å². The molecule has 1 aliphatic rings. The Morgan fingerprint density at radius 3 is 2.78 bits per heavy atom. The third-order valence-corrected chi connectivity index (χ3v) is 4.52. The van der Waals surface area contributed by atoms with Crippen LogP contribution in [0, 0.1) is 17.1 Å². The topological polar surface area (TPSA) is 51.6 Å². The van der Waals surface area contributed by atoms with Crippen LogP contribution in [0.2, 0.25) is 0 Å². The molecule has 0 fully saturated rings. The molecule has 1 heterocycles. The van der Waals surface area contributed by atoms with Crippen LogP contribution in [0.5, 0.6) is 0 Å². The number of H-pyrrole nitrogens is 1. The van der Waals surface area contributed by atoms with Crippen molar-refractivity contribution in [1.82, 2.24) is 4.98 Å². The molecule has 2 N–H and O–H groups in total. The minimum Gasteiger partial charge on any atom is -0.377 e. The molecule has 1 atom stereocenters. The van der Waals surface area contributed by atoms with Crippen molar-refractivity contribution in [2.75, 3.05) is 5.32 Å². The van der Waals surface area contributed by atoms with Crippen LogP contribution < -0.4 is 5.32 Å². The second-order valence-electron chi connectivity index (χ2n) is 5.99. The van der Waals surface area contributed by atoms with Gasteiger partial charge in [0.05, 0.1) is 17.7 Å². The molecule has 4 heteroatoms. The molecule has 0 spiro atoms. The molecule has 0 saturated carbocycles. The average Bonchev–Trinajstić information content (AvgIpc) is 2.95. The van der Waals surface area contributed by atoms with Crippen LogP contribution in [0.15, 0.2) is 42.5 Å². The number of aryl methyl sites for hydroxylation is 1. The highest BCUT2D eigenvalue weighted by atomic mass is 19.1. The van der Waals surface area contributed by atoms with Gasteiger partial charge in [-0.15, -0.1) is 0 Å². The lowest BCUT2D eigenvalue weighted by molar-refractivity contribution is 0.592. The number of halogens is 1. The van der Waals surface area contributed by atoms with E-state index in [1.165, 1.54) is 11.6 Å². The van der Waals surface area contributed by atoms with Crippen molar-refractivity contribution in [3.63, 3.8) is 0 Å². The summed E-state index contributed by atoms with van der Waals surface area (Å²) in [6.45, 7) is 0. The molecule has 0 bridgehead atoms. The summed E-state index contributed by atoms with van der Waals surface area (Å²) in [6, 6.07) is 14.7. The van der Waals surface area contributed by atoms with Gasteiger partial charge in [0.25, 0.3) is 0 Å². The number of rotatable bonds is 2. The van der Waals surface area contributed by atoms with Crippen LogP contribution in [0.1, 0.15) is 35.7 Å². The molecule has 2 aromatic carbocycles. The standard InChI is InChI=1S/C19H16FN3/c20-13-6-9-17-16(10-13)15-2-1-3-18(19(15)23-17)22-14-7-4-12(11-21)5-8-14/h4-10,18,22-23H,1-3H2. The largest absolute Gasteiger partial charge is 0.377 e. The van der Waals surface area contributed by atoms with E-state index in [4.69, 9.17) is 5.26 Å². The zero-order valence-corrected chi connectivity index (χ0v) is 12.6. The molecule has 1 aromatic heterocycles. The molecule has 0 amide bonds. The fraction of sp³-hybridized carbons (Fsp3) is 0.211. The quantitative estimate of drug-likeness (QED) is 0.723. The van der Waals surface area contributed by atoms with Crippen molar-refractivity contribution in [3.05, 3.63) is 65.1 Å². The zero-order valence-electron chi connectivity index (χ0n) is 12.6. The SMILES string of the molecule is N#Cc1ccc(NC2CCCc3c2[nH]c2ccc(F)cc32)cc1. The van der Waals surface area contributed by atoms with Crippen LogP contribution >= 0.6 is 0 Å². The smallest absolute Gasteiger partial charge is 0.123 e. The van der Waals surface area contributed by atoms with Crippen molar-refractivity contribution in [1.29, 1.82) is 5.26 Å². The number of benzene rings is 2. The monoisotopic (exact) mass is 305 g/mol. The van der Waals surface area contributed by atoms with E-state index in [0.29, 0.717) is 5.56 Å². The van der Waals surface area contributed by atoms with Gasteiger partial charge in [-0.2, -0.15) is 5.26 Å². The molecule has 1 aliphatic carbocycles. The van der Waals surface area contributed by atoms with Gasteiger partial charge in [-0.25, -0.2) is 4.39 Å². The van der Waals surface area contributed by atoms with E-state index in [2.05, 4.69) is 16.4 Å². The summed E-state index contributed by atoms with van der Waals surface area (Å²) >= 11 is 0. The summed E-state index contributed by atoms with van der Waals surface area (Å²) in [4.78, 5) is 3.45. The first-order valence-electron chi connectivity index (χ1n) is 7.81. The normalized spacial score (nSPS) is 16.8. The number of aromatic nitrogens is 1. The molecule has 0 saturated heterocycles. The van der Waals surface area contributed by atoms with Crippen LogP contribution in [0.3, 0.4) is 0 Å². The fourth-order valence-corrected chi connectivity index (χ4v) is 3.42. The number of nitriles is 1. The second-order valence-corrected chi connectivity index (χ2v) is 5.99. The Kier molecular flexibility index (Phi) is 3.27. The summed E-state index contributed by atoms with van der Waals surface area (Å²) in [7, 11) is 0. The zero-order chi connectivity index (χ0) is 15.8. The van der Waals surface area contributed by atoms with Gasteiger partial charge in [0, 0.05) is 22.3 Å². The molecule has 3 nitrogen and oxygen atoms in total. The molecule has 23 heavy (non-hydrogen) atoms. The molecule has 1 unspecified atom stereocenters. The predicted molar refractivity (Wildman–Crippen MR) is 88.7 cm³/mol. The first-order valence-corrected chi connectivity index (χ1v) is 7.81. The first-order chi connectivity index (χ1) is 11.2. The van der Waals surface area contributed by atoms with Crippen LogP contribution in [0.25, 0.3) is 10.9 Å². The van der Waals surface area contributed by atoms with Crippen molar-refractivity contribution in [2.24, 2.45) is 0 Å². The number of hydrogen-bond donors (Lipinski definition) is 2. The molecule has 0 aliphatic heterocycles. The van der Waals surface area contributed by atoms with Crippen molar-refractivity contribution in [3.8, 4) is 6.07 Å². The molecular formula is C19H16FN3. The molecule has 114 valence electrons. The third kappa shape index (κ3) is 2.44. The van der Waals surface area contributed by atoms with Crippen LogP contribution in [-0.4, -0.2) is 4.98 Å². The van der Waals surface area contributed by atoms with Crippen LogP contribution in [0.4, 0.5) is 10.1 Å². The Balaban J connectivity index is 1.69. The minimum absolute atomic E-state index is 0.183. The van der Waals surface area contributed by atoms with Crippen molar-refractivity contribution in [2.45, 2.75) is 25.3 Å². The highest BCUT2D eigenvalue weighted by Crippen LogP contribution is 2.36. The van der Waals surface area contributed by atoms with Crippen molar-refractivity contribution < 1.29 is 4.39 Å². The van der Waals surface area contributed by atoms with Gasteiger partial charge in [-0.05, 0) is 67.3 Å². The number of hydrogen-bond acceptors (Lipinski definition) is 2. The lowest BCUT2D eigenvalue weighted by Crippen LogP contribution is -2.17. The van der Waals surface area contributed by atoms with Crippen LogP contribution in [-0.2, 0) is 6.42 Å². The van der Waals surface area contributed by atoms with E-state index in [9.17, 15) is 4.39 Å². The Morgan fingerprint density at radius 2 is 2.00 bits per heavy atom. The number of nitrogens with one attached hydrogen (secondary N) is 2. The second kappa shape index (κ2) is 5.44. The van der Waals surface area contributed by atoms with E-state index < -0.39 is 0 Å². The molecule has 3 aromatic rings. The fourth-order valence-electron chi connectivity index (χ4n) is 3.42. The van der Waals surface area contributed by atoms with Crippen molar-refractivity contribution >= 4 is 16.6 Å². The lowest BCUT2D eigenvalue weighted by Gasteiger charge is -2.24. The number of aromatic amines is 1. The summed E-state index contributed by atoms with van der Waals surface area (Å²) in [5, 5.41) is 13.4. The summed E-state index contributed by atoms with van der Waals surface area (Å²) in [5.74, 6) is -0.193. The highest BCUT2D eigenvalue weighted by molar-refractivity contribution is 5.85. The number of anilines is 1. The third-order valence-electron chi connectivity index (χ3n) is 4.52. The van der Waals surface area contributed by atoms with E-state index in [1.807, 2.05) is 30.3 Å². The summed E-state index contributed by atoms with van der Waals surface area (Å²) < 4.78 is 13.5. The Morgan fingerprint density at radius 1 is 1.17 bits per heavy atom. The maximum atomic E-state index is 13.5. The summed E-state index contributed by atoms with van der Waals surface area (Å²) in [5.41, 5.74) is 5.01. The van der Waals surface area contributed by atoms with Gasteiger partial charge in [-0.3, -0.25) is 0 Å². The van der Waals surface area contributed by atoms with Gasteiger partial charge >= 0.3 is 0 Å². The van der Waals surface area contributed by atoms with Gasteiger partial charge in [-0.1, -0.05) is 0 Å². The van der Waals surface area contributed by atoms with Gasteiger partial charge in [0.1, 0.15) is 5.82 Å². The maximum Gasteiger partial charge on any atom is 0.123 e. The molecule has 4 rings (SSSR count). The minimum atomic E-state index is -0.193. The molecule has 0 radical (unpaired) electrons. The van der Waals surface area contributed by atoms with E-state index >= 15 is 0 Å². The Labute approximate surface area is 133 Å². The van der Waals surface area contributed by atoms with Gasteiger partial charge in [0.2, 0.25) is 0 Å². The van der Waals surface area contributed by atoms with E-state index in [-0.39, 0.29) is 11.9 Å². The highest BCUT2D eigenvalue weighted by Gasteiger charge is 2.24. The summed E-state index contributed by atoms with van der Waals surface area (Å²) in [6.07, 6.45) is 3.08. The van der Waals surface area contributed by atoms with E-state index in [1.54, 1.807) is 6.07 Å². The van der Waals surface area contributed by atoms with Gasteiger partial charge < -0.3 is 10.3 Å². The Hall–Kier alpha value is -2.80. The van der Waals surface area contributed by atoms with Gasteiger partial charge in [0.15, 0.2) is 0 Å². The maximum absolute atomic E-state index is 13.5. The predicted octanol–water partition coefficient (Wildman–Crippen LogP) is 4.67. The number of fused-ring (bicyclic) bond motifs is 3. The lowest BCUT2D eigenvalue weighted by atomic mass is 9.91. The first kappa shape index (κ1) is 13.8. The Bertz CT molecular complexity index is 903. The number of nitrogens with zero attached hydrogens (tertiary/aromatic N) is 1. The average molecular weight is 305 g/mol. The molecular weight excluding hydrogens is 289 g/mol.